The van der Waals surface area contributed by atoms with Crippen LogP contribution in [0.3, 0.4) is 0 Å². The predicted octanol–water partition coefficient (Wildman–Crippen LogP) is 2.58. The number of thiophene rings is 1. The second kappa shape index (κ2) is 5.68. The molecule has 0 saturated carbocycles. The second-order valence-electron chi connectivity index (χ2n) is 4.13. The predicted molar refractivity (Wildman–Crippen MR) is 77.3 cm³/mol. The summed E-state index contributed by atoms with van der Waals surface area (Å²) in [4.78, 5) is 12.4. The van der Waals surface area contributed by atoms with Crippen molar-refractivity contribution in [3.8, 4) is 0 Å². The first-order valence-electron chi connectivity index (χ1n) is 5.58. The van der Waals surface area contributed by atoms with E-state index in [2.05, 4.69) is 10.8 Å². The minimum absolute atomic E-state index is 0.0163. The van der Waals surface area contributed by atoms with Gasteiger partial charge in [0.2, 0.25) is 0 Å². The first-order valence-corrected chi connectivity index (χ1v) is 6.52. The lowest BCUT2D eigenvalue weighted by molar-refractivity contribution is -0.384. The lowest BCUT2D eigenvalue weighted by Gasteiger charge is -2.19. The minimum atomic E-state index is -0.428. The smallest absolute Gasteiger partial charge is 0.273 e. The highest BCUT2D eigenvalue weighted by Gasteiger charge is 2.12. The summed E-state index contributed by atoms with van der Waals surface area (Å²) in [5, 5.41) is 14.9. The first-order chi connectivity index (χ1) is 9.10. The average molecular weight is 278 g/mol. The summed E-state index contributed by atoms with van der Waals surface area (Å²) in [6, 6.07) is 6.75. The fourth-order valence-electron chi connectivity index (χ4n) is 1.75. The van der Waals surface area contributed by atoms with E-state index in [1.807, 2.05) is 23.4 Å². The van der Waals surface area contributed by atoms with Gasteiger partial charge in [0.05, 0.1) is 10.6 Å². The highest BCUT2D eigenvalue weighted by atomic mass is 32.1. The van der Waals surface area contributed by atoms with Crippen LogP contribution in [-0.4, -0.2) is 12.0 Å². The molecule has 1 aromatic heterocycles. The Hall–Kier alpha value is -2.12. The number of nitrogens with zero attached hydrogens (tertiary/aromatic N) is 2. The van der Waals surface area contributed by atoms with E-state index >= 15 is 0 Å². The molecule has 0 bridgehead atoms. The van der Waals surface area contributed by atoms with Crippen LogP contribution in [0.15, 0.2) is 35.0 Å². The first kappa shape index (κ1) is 13.3. The lowest BCUT2D eigenvalue weighted by atomic mass is 10.2. The van der Waals surface area contributed by atoms with Crippen molar-refractivity contribution in [3.05, 3.63) is 50.7 Å². The van der Waals surface area contributed by atoms with Gasteiger partial charge in [-0.15, -0.1) is 0 Å². The third-order valence-corrected chi connectivity index (χ3v) is 3.45. The number of hydrogen-bond donors (Lipinski definition) is 2. The maximum absolute atomic E-state index is 10.9. The Morgan fingerprint density at radius 1 is 1.47 bits per heavy atom. The molecule has 2 aromatic rings. The maximum Gasteiger partial charge on any atom is 0.273 e. The molecule has 7 heteroatoms. The molecule has 19 heavy (non-hydrogen) atoms. The number of nitro benzene ring substituents is 1. The van der Waals surface area contributed by atoms with Crippen molar-refractivity contribution in [1.29, 1.82) is 0 Å². The molecule has 0 saturated heterocycles. The van der Waals surface area contributed by atoms with Crippen molar-refractivity contribution in [2.24, 2.45) is 5.84 Å². The SMILES string of the molecule is CN(Cc1ccsc1)c1cc(NN)cc([N+](=O)[O-])c1. The molecule has 0 radical (unpaired) electrons. The number of nitrogens with one attached hydrogen (secondary N) is 1. The van der Waals surface area contributed by atoms with Crippen LogP contribution in [0.1, 0.15) is 5.56 Å². The van der Waals surface area contributed by atoms with Gasteiger partial charge in [0, 0.05) is 31.4 Å². The van der Waals surface area contributed by atoms with E-state index in [4.69, 9.17) is 5.84 Å². The molecule has 6 nitrogen and oxygen atoms in total. The molecule has 0 aliphatic carbocycles. The van der Waals surface area contributed by atoms with Gasteiger partial charge in [0.1, 0.15) is 0 Å². The van der Waals surface area contributed by atoms with E-state index < -0.39 is 4.92 Å². The van der Waals surface area contributed by atoms with Crippen molar-refractivity contribution in [2.75, 3.05) is 17.4 Å². The zero-order chi connectivity index (χ0) is 13.8. The van der Waals surface area contributed by atoms with Crippen molar-refractivity contribution in [3.63, 3.8) is 0 Å². The van der Waals surface area contributed by atoms with Crippen LogP contribution in [0.5, 0.6) is 0 Å². The van der Waals surface area contributed by atoms with E-state index in [1.165, 1.54) is 17.7 Å². The summed E-state index contributed by atoms with van der Waals surface area (Å²) in [6.45, 7) is 0.689. The van der Waals surface area contributed by atoms with Crippen LogP contribution in [0.4, 0.5) is 17.1 Å². The molecule has 0 atom stereocenters. The lowest BCUT2D eigenvalue weighted by Crippen LogP contribution is -2.17. The van der Waals surface area contributed by atoms with E-state index in [9.17, 15) is 10.1 Å². The molecule has 1 heterocycles. The number of hydrogen-bond acceptors (Lipinski definition) is 6. The third kappa shape index (κ3) is 3.21. The van der Waals surface area contributed by atoms with Crippen LogP contribution in [0.2, 0.25) is 0 Å². The molecule has 0 unspecified atom stereocenters. The number of rotatable bonds is 5. The average Bonchev–Trinajstić information content (AvgIpc) is 2.90. The minimum Gasteiger partial charge on any atom is -0.370 e. The van der Waals surface area contributed by atoms with Crippen LogP contribution in [0.25, 0.3) is 0 Å². The van der Waals surface area contributed by atoms with Gasteiger partial charge in [-0.05, 0) is 28.5 Å². The van der Waals surface area contributed by atoms with Crippen LogP contribution in [-0.2, 0) is 6.54 Å². The van der Waals surface area contributed by atoms with Gasteiger partial charge in [-0.3, -0.25) is 16.0 Å². The molecule has 1 aromatic carbocycles. The molecule has 0 aliphatic heterocycles. The third-order valence-electron chi connectivity index (χ3n) is 2.72. The zero-order valence-electron chi connectivity index (χ0n) is 10.4. The molecular formula is C12H14N4O2S. The van der Waals surface area contributed by atoms with E-state index in [1.54, 1.807) is 17.4 Å². The molecular weight excluding hydrogens is 264 g/mol. The summed E-state index contributed by atoms with van der Waals surface area (Å²) >= 11 is 1.63. The molecule has 0 spiro atoms. The van der Waals surface area contributed by atoms with E-state index in [0.717, 1.165) is 5.69 Å². The maximum atomic E-state index is 10.9. The highest BCUT2D eigenvalue weighted by Crippen LogP contribution is 2.27. The van der Waals surface area contributed by atoms with Gasteiger partial charge in [-0.1, -0.05) is 0 Å². The number of hydrazine groups is 1. The Bertz CT molecular complexity index is 571. The highest BCUT2D eigenvalue weighted by molar-refractivity contribution is 7.07. The summed E-state index contributed by atoms with van der Waals surface area (Å²) in [6.07, 6.45) is 0. The summed E-state index contributed by atoms with van der Waals surface area (Å²) in [5.41, 5.74) is 4.89. The normalized spacial score (nSPS) is 10.2. The standard InChI is InChI=1S/C12H14N4O2S/c1-15(7-9-2-3-19-8-9)11-4-10(14-13)5-12(6-11)16(17)18/h2-6,8,14H,7,13H2,1H3. The number of benzene rings is 1. The van der Waals surface area contributed by atoms with Crippen molar-refractivity contribution >= 4 is 28.4 Å². The number of non-ortho nitro benzene ring substituents is 1. The van der Waals surface area contributed by atoms with Gasteiger partial charge in [-0.25, -0.2) is 0 Å². The Morgan fingerprint density at radius 3 is 2.84 bits per heavy atom. The fraction of sp³-hybridized carbons (Fsp3) is 0.167. The molecule has 2 rings (SSSR count). The monoisotopic (exact) mass is 278 g/mol. The molecule has 0 amide bonds. The number of nitrogen functional groups attached to an aromatic ring is 1. The van der Waals surface area contributed by atoms with Gasteiger partial charge in [0.15, 0.2) is 0 Å². The Labute approximate surface area is 114 Å². The van der Waals surface area contributed by atoms with Crippen LogP contribution in [0, 0.1) is 10.1 Å². The van der Waals surface area contributed by atoms with Crippen molar-refractivity contribution in [1.82, 2.24) is 0 Å². The topological polar surface area (TPSA) is 84.4 Å². The number of anilines is 2. The zero-order valence-corrected chi connectivity index (χ0v) is 11.2. The molecule has 0 fully saturated rings. The quantitative estimate of drug-likeness (QED) is 0.499. The van der Waals surface area contributed by atoms with Gasteiger partial charge in [0.25, 0.3) is 5.69 Å². The van der Waals surface area contributed by atoms with Gasteiger partial charge >= 0.3 is 0 Å². The van der Waals surface area contributed by atoms with Crippen molar-refractivity contribution < 1.29 is 4.92 Å². The molecule has 0 aliphatic rings. The van der Waals surface area contributed by atoms with E-state index in [-0.39, 0.29) is 5.69 Å². The summed E-state index contributed by atoms with van der Waals surface area (Å²) in [5.74, 6) is 5.33. The van der Waals surface area contributed by atoms with Gasteiger partial charge in [-0.2, -0.15) is 11.3 Å². The van der Waals surface area contributed by atoms with Gasteiger partial charge < -0.3 is 10.3 Å². The number of nitrogens with two attached hydrogens (primary N) is 1. The van der Waals surface area contributed by atoms with Crippen LogP contribution < -0.4 is 16.2 Å². The van der Waals surface area contributed by atoms with Crippen molar-refractivity contribution in [2.45, 2.75) is 6.54 Å². The Morgan fingerprint density at radius 2 is 2.26 bits per heavy atom. The fourth-order valence-corrected chi connectivity index (χ4v) is 2.41. The largest absolute Gasteiger partial charge is 0.370 e. The summed E-state index contributed by atoms with van der Waals surface area (Å²) < 4.78 is 0. The number of nitro groups is 1. The summed E-state index contributed by atoms with van der Waals surface area (Å²) in [7, 11) is 1.89. The second-order valence-corrected chi connectivity index (χ2v) is 4.91. The molecule has 3 N–H and O–H groups in total. The van der Waals surface area contributed by atoms with E-state index in [0.29, 0.717) is 12.2 Å². The molecule has 100 valence electrons. The van der Waals surface area contributed by atoms with Crippen LogP contribution >= 0.6 is 11.3 Å². The Kier molecular flexibility index (Phi) is 3.98. The Balaban J connectivity index is 2.27.